The maximum Gasteiger partial charge on any atom is -0.0355 e. The molecule has 1 saturated carbocycles. The summed E-state index contributed by atoms with van der Waals surface area (Å²) in [5, 5.41) is 0. The van der Waals surface area contributed by atoms with Gasteiger partial charge in [0.05, 0.1) is 0 Å². The Hall–Kier alpha value is 0. The van der Waals surface area contributed by atoms with E-state index in [2.05, 4.69) is 27.2 Å². The van der Waals surface area contributed by atoms with Crippen LogP contribution >= 0.6 is 0 Å². The normalized spacial score (nSPS) is 15.6. The molecule has 0 spiro atoms. The molecule has 0 nitrogen and oxygen atoms in total. The molecule has 0 amide bonds. The van der Waals surface area contributed by atoms with Crippen LogP contribution in [-0.4, -0.2) is 0 Å². The van der Waals surface area contributed by atoms with Crippen molar-refractivity contribution in [1.82, 2.24) is 0 Å². The minimum atomic E-state index is 1.00. The van der Waals surface area contributed by atoms with Gasteiger partial charge in [-0.3, -0.25) is 0 Å². The number of rotatable bonds is 6. The van der Waals surface area contributed by atoms with Gasteiger partial charge in [0.1, 0.15) is 0 Å². The molecule has 14 heavy (non-hydrogen) atoms. The van der Waals surface area contributed by atoms with Gasteiger partial charge in [-0.05, 0) is 25.2 Å². The average molecular weight is 196 g/mol. The van der Waals surface area contributed by atoms with Gasteiger partial charge in [-0.25, -0.2) is 0 Å². The highest BCUT2D eigenvalue weighted by Crippen LogP contribution is 2.28. The molecule has 0 N–H and O–H groups in total. The van der Waals surface area contributed by atoms with Crippen molar-refractivity contribution in [3.63, 3.8) is 0 Å². The highest BCUT2D eigenvalue weighted by Gasteiger charge is 2.15. The monoisotopic (exact) mass is 196 g/mol. The zero-order chi connectivity index (χ0) is 10.6. The van der Waals surface area contributed by atoms with E-state index in [0.717, 1.165) is 12.3 Å². The van der Waals surface area contributed by atoms with Crippen LogP contribution in [0.25, 0.3) is 0 Å². The fourth-order valence-corrected chi connectivity index (χ4v) is 1.64. The van der Waals surface area contributed by atoms with E-state index in [1.165, 1.54) is 51.4 Å². The van der Waals surface area contributed by atoms with Crippen LogP contribution in [0.3, 0.4) is 0 Å². The molecule has 1 fully saturated rings. The van der Waals surface area contributed by atoms with Crippen LogP contribution in [0.4, 0.5) is 0 Å². The van der Waals surface area contributed by atoms with Crippen molar-refractivity contribution in [3.8, 4) is 0 Å². The molecule has 0 aromatic rings. The SMILES string of the molecule is CCCC1[CH]CC1.[CH2]CCCCCC. The molecule has 0 bridgehead atoms. The van der Waals surface area contributed by atoms with Crippen LogP contribution in [-0.2, 0) is 0 Å². The summed E-state index contributed by atoms with van der Waals surface area (Å²) in [5.41, 5.74) is 0. The Morgan fingerprint density at radius 3 is 2.14 bits per heavy atom. The first-order valence-electron chi connectivity index (χ1n) is 6.47. The zero-order valence-corrected chi connectivity index (χ0v) is 10.2. The molecule has 1 unspecified atom stereocenters. The summed E-state index contributed by atoms with van der Waals surface area (Å²) in [6.45, 7) is 8.24. The molecule has 0 saturated heterocycles. The fraction of sp³-hybridized carbons (Fsp3) is 0.857. The van der Waals surface area contributed by atoms with Crippen molar-refractivity contribution in [2.75, 3.05) is 0 Å². The predicted octanol–water partition coefficient (Wildman–Crippen LogP) is 5.19. The van der Waals surface area contributed by atoms with E-state index in [9.17, 15) is 0 Å². The van der Waals surface area contributed by atoms with E-state index >= 15 is 0 Å². The van der Waals surface area contributed by atoms with Crippen molar-refractivity contribution >= 4 is 0 Å². The van der Waals surface area contributed by atoms with Crippen molar-refractivity contribution in [2.45, 2.75) is 71.6 Å². The lowest BCUT2D eigenvalue weighted by atomic mass is 9.82. The number of hydrogen-bond donors (Lipinski definition) is 0. The van der Waals surface area contributed by atoms with Crippen LogP contribution in [0.2, 0.25) is 0 Å². The van der Waals surface area contributed by atoms with Crippen molar-refractivity contribution in [3.05, 3.63) is 13.3 Å². The van der Waals surface area contributed by atoms with Gasteiger partial charge in [0, 0.05) is 0 Å². The highest BCUT2D eigenvalue weighted by atomic mass is 14.2. The Bertz CT molecular complexity index is 88.2. The van der Waals surface area contributed by atoms with Crippen LogP contribution in [0, 0.1) is 19.3 Å². The maximum atomic E-state index is 3.76. The standard InChI is InChI=1S/C7H13.C7H15/c1-2-4-7-5-3-6-7;1-3-5-7-6-4-2/h5,7H,2-4,6H2,1H3;1,3-7H2,2H3. The third-order valence-corrected chi connectivity index (χ3v) is 2.80. The van der Waals surface area contributed by atoms with Crippen LogP contribution in [0.5, 0.6) is 0 Å². The quantitative estimate of drug-likeness (QED) is 0.513. The molecule has 1 rings (SSSR count). The van der Waals surface area contributed by atoms with Gasteiger partial charge in [-0.15, -0.1) is 0 Å². The molecule has 84 valence electrons. The van der Waals surface area contributed by atoms with Crippen LogP contribution in [0.15, 0.2) is 0 Å². The van der Waals surface area contributed by atoms with E-state index < -0.39 is 0 Å². The molecule has 0 heteroatoms. The van der Waals surface area contributed by atoms with E-state index in [-0.39, 0.29) is 0 Å². The van der Waals surface area contributed by atoms with Crippen LogP contribution < -0.4 is 0 Å². The molecule has 0 aliphatic heterocycles. The first kappa shape index (κ1) is 14.0. The zero-order valence-electron chi connectivity index (χ0n) is 10.2. The second kappa shape index (κ2) is 11.1. The summed E-state index contributed by atoms with van der Waals surface area (Å²) in [4.78, 5) is 0. The first-order chi connectivity index (χ1) is 6.85. The average Bonchev–Trinajstić information content (AvgIpc) is 2.14. The summed E-state index contributed by atoms with van der Waals surface area (Å²) in [5.74, 6) is 1.00. The van der Waals surface area contributed by atoms with Gasteiger partial charge in [0.2, 0.25) is 0 Å². The molecule has 1 aliphatic carbocycles. The molecule has 1 aliphatic rings. The molecule has 0 aromatic carbocycles. The Morgan fingerprint density at radius 1 is 1.14 bits per heavy atom. The lowest BCUT2D eigenvalue weighted by Crippen LogP contribution is -2.10. The smallest absolute Gasteiger partial charge is 0.0355 e. The molecular weight excluding hydrogens is 168 g/mol. The summed E-state index contributed by atoms with van der Waals surface area (Å²) in [6, 6.07) is 0. The topological polar surface area (TPSA) is 0 Å². The number of unbranched alkanes of at least 4 members (excludes halogenated alkanes) is 4. The van der Waals surface area contributed by atoms with Gasteiger partial charge < -0.3 is 0 Å². The first-order valence-corrected chi connectivity index (χ1v) is 6.47. The maximum absolute atomic E-state index is 3.76. The van der Waals surface area contributed by atoms with Crippen molar-refractivity contribution in [1.29, 1.82) is 0 Å². The van der Waals surface area contributed by atoms with E-state index in [0.29, 0.717) is 0 Å². The highest BCUT2D eigenvalue weighted by molar-refractivity contribution is 4.86. The molecule has 0 heterocycles. The second-order valence-electron chi connectivity index (χ2n) is 4.28. The Balaban J connectivity index is 0.000000241. The molecular formula is C14H28. The third kappa shape index (κ3) is 8.59. The Kier molecular flexibility index (Phi) is 11.1. The van der Waals surface area contributed by atoms with Gasteiger partial charge in [0.15, 0.2) is 0 Å². The Morgan fingerprint density at radius 2 is 1.86 bits per heavy atom. The summed E-state index contributed by atoms with van der Waals surface area (Å²) in [6.07, 6.45) is 14.6. The van der Waals surface area contributed by atoms with Crippen molar-refractivity contribution in [2.24, 2.45) is 5.92 Å². The largest absolute Gasteiger partial charge is 0.0654 e. The minimum absolute atomic E-state index is 1.00. The lowest BCUT2D eigenvalue weighted by molar-refractivity contribution is 0.400. The fourth-order valence-electron chi connectivity index (χ4n) is 1.64. The lowest BCUT2D eigenvalue weighted by Gasteiger charge is -2.23. The van der Waals surface area contributed by atoms with E-state index in [1.54, 1.807) is 0 Å². The predicted molar refractivity (Wildman–Crippen MR) is 66.0 cm³/mol. The second-order valence-corrected chi connectivity index (χ2v) is 4.28. The molecule has 0 aromatic heterocycles. The van der Waals surface area contributed by atoms with Crippen LogP contribution in [0.1, 0.15) is 71.6 Å². The van der Waals surface area contributed by atoms with E-state index in [4.69, 9.17) is 0 Å². The van der Waals surface area contributed by atoms with Gasteiger partial charge >= 0.3 is 0 Å². The summed E-state index contributed by atoms with van der Waals surface area (Å²) in [7, 11) is 0. The van der Waals surface area contributed by atoms with Gasteiger partial charge in [0.25, 0.3) is 0 Å². The minimum Gasteiger partial charge on any atom is -0.0654 e. The third-order valence-electron chi connectivity index (χ3n) is 2.80. The Labute approximate surface area is 91.5 Å². The summed E-state index contributed by atoms with van der Waals surface area (Å²) < 4.78 is 0. The molecule has 2 radical (unpaired) electrons. The van der Waals surface area contributed by atoms with Gasteiger partial charge in [-0.1, -0.05) is 65.7 Å². The molecule has 1 atom stereocenters. The van der Waals surface area contributed by atoms with Crippen molar-refractivity contribution < 1.29 is 0 Å². The van der Waals surface area contributed by atoms with E-state index in [1.807, 2.05) is 0 Å². The van der Waals surface area contributed by atoms with Gasteiger partial charge in [-0.2, -0.15) is 0 Å². The number of hydrogen-bond acceptors (Lipinski definition) is 0. The summed E-state index contributed by atoms with van der Waals surface area (Å²) >= 11 is 0.